The number of hydrogen-bond acceptors (Lipinski definition) is 2. The van der Waals surface area contributed by atoms with Gasteiger partial charge in [0.05, 0.1) is 0 Å². The number of hydrogen-bond donors (Lipinski definition) is 2. The maximum absolute atomic E-state index is 11.5. The quantitative estimate of drug-likeness (QED) is 0.742. The van der Waals surface area contributed by atoms with E-state index < -0.39 is 0 Å². The molecule has 0 aliphatic carbocycles. The molecular formula is C11H25ClN2O. The molecule has 0 spiro atoms. The topological polar surface area (TPSA) is 55.1 Å². The molecule has 0 aromatic rings. The first-order valence-corrected chi connectivity index (χ1v) is 5.44. The van der Waals surface area contributed by atoms with Crippen LogP contribution in [-0.2, 0) is 4.79 Å². The first-order chi connectivity index (χ1) is 6.39. The van der Waals surface area contributed by atoms with E-state index in [1.165, 1.54) is 0 Å². The third kappa shape index (κ3) is 10.0. The fourth-order valence-electron chi connectivity index (χ4n) is 1.24. The van der Waals surface area contributed by atoms with Crippen LogP contribution in [-0.4, -0.2) is 18.0 Å². The first kappa shape index (κ1) is 17.1. The summed E-state index contributed by atoms with van der Waals surface area (Å²) >= 11 is 0. The second kappa shape index (κ2) is 7.94. The van der Waals surface area contributed by atoms with E-state index in [1.807, 2.05) is 13.8 Å². The molecule has 0 rings (SSSR count). The summed E-state index contributed by atoms with van der Waals surface area (Å²) in [6.45, 7) is 8.60. The van der Waals surface area contributed by atoms with Gasteiger partial charge < -0.3 is 11.1 Å². The van der Waals surface area contributed by atoms with Crippen molar-refractivity contribution < 1.29 is 4.79 Å². The number of nitrogens with one attached hydrogen (secondary N) is 1. The van der Waals surface area contributed by atoms with E-state index in [4.69, 9.17) is 5.73 Å². The van der Waals surface area contributed by atoms with Gasteiger partial charge in [0.2, 0.25) is 5.91 Å². The van der Waals surface area contributed by atoms with E-state index in [0.29, 0.717) is 18.9 Å². The smallest absolute Gasteiger partial charge is 0.220 e. The molecule has 3 nitrogen and oxygen atoms in total. The molecule has 0 aromatic carbocycles. The van der Waals surface area contributed by atoms with Gasteiger partial charge in [0, 0.05) is 18.5 Å². The Hall–Kier alpha value is -0.280. The second-order valence-electron chi connectivity index (χ2n) is 4.65. The summed E-state index contributed by atoms with van der Waals surface area (Å²) in [5, 5.41) is 2.86. The molecule has 0 heterocycles. The van der Waals surface area contributed by atoms with Crippen molar-refractivity contribution >= 4 is 18.3 Å². The molecule has 15 heavy (non-hydrogen) atoms. The Kier molecular flexibility index (Phi) is 9.07. The maximum Gasteiger partial charge on any atom is 0.220 e. The molecule has 0 unspecified atom stereocenters. The van der Waals surface area contributed by atoms with Crippen molar-refractivity contribution in [3.63, 3.8) is 0 Å². The summed E-state index contributed by atoms with van der Waals surface area (Å²) < 4.78 is 0. The van der Waals surface area contributed by atoms with E-state index in [9.17, 15) is 4.79 Å². The molecule has 0 aliphatic heterocycles. The first-order valence-electron chi connectivity index (χ1n) is 5.44. The molecule has 0 saturated carbocycles. The van der Waals surface area contributed by atoms with Crippen LogP contribution in [0, 0.1) is 5.92 Å². The van der Waals surface area contributed by atoms with Crippen molar-refractivity contribution in [1.29, 1.82) is 0 Å². The van der Waals surface area contributed by atoms with Gasteiger partial charge in [0.15, 0.2) is 0 Å². The van der Waals surface area contributed by atoms with Gasteiger partial charge in [-0.05, 0) is 19.8 Å². The van der Waals surface area contributed by atoms with Crippen LogP contribution in [0.1, 0.15) is 47.0 Å². The van der Waals surface area contributed by atoms with E-state index in [2.05, 4.69) is 19.2 Å². The van der Waals surface area contributed by atoms with Gasteiger partial charge >= 0.3 is 0 Å². The van der Waals surface area contributed by atoms with E-state index in [0.717, 1.165) is 12.8 Å². The highest BCUT2D eigenvalue weighted by Crippen LogP contribution is 2.11. The zero-order chi connectivity index (χ0) is 11.2. The van der Waals surface area contributed by atoms with Gasteiger partial charge in [0.1, 0.15) is 0 Å². The number of carbonyl (C=O) groups excluding carboxylic acids is 1. The van der Waals surface area contributed by atoms with Crippen LogP contribution in [0.4, 0.5) is 0 Å². The average molecular weight is 237 g/mol. The molecule has 0 radical (unpaired) electrons. The number of halogens is 1. The van der Waals surface area contributed by atoms with Gasteiger partial charge in [0.25, 0.3) is 0 Å². The van der Waals surface area contributed by atoms with Gasteiger partial charge in [-0.3, -0.25) is 4.79 Å². The second-order valence-corrected chi connectivity index (χ2v) is 4.65. The van der Waals surface area contributed by atoms with E-state index >= 15 is 0 Å². The Morgan fingerprint density at radius 1 is 1.33 bits per heavy atom. The van der Waals surface area contributed by atoms with Crippen LogP contribution in [0.5, 0.6) is 0 Å². The van der Waals surface area contributed by atoms with Crippen LogP contribution < -0.4 is 11.1 Å². The molecule has 0 saturated heterocycles. The molecule has 0 fully saturated rings. The van der Waals surface area contributed by atoms with Crippen LogP contribution >= 0.6 is 12.4 Å². The molecule has 3 N–H and O–H groups in total. The number of amides is 1. The van der Waals surface area contributed by atoms with Crippen molar-refractivity contribution in [3.05, 3.63) is 0 Å². The van der Waals surface area contributed by atoms with Crippen molar-refractivity contribution in [2.75, 3.05) is 6.54 Å². The molecule has 0 aromatic heterocycles. The largest absolute Gasteiger partial charge is 0.354 e. The van der Waals surface area contributed by atoms with Gasteiger partial charge in [-0.2, -0.15) is 0 Å². The lowest BCUT2D eigenvalue weighted by molar-refractivity contribution is -0.122. The molecule has 0 atom stereocenters. The summed E-state index contributed by atoms with van der Waals surface area (Å²) in [6, 6.07) is 0. The van der Waals surface area contributed by atoms with Crippen LogP contribution in [0.2, 0.25) is 0 Å². The summed E-state index contributed by atoms with van der Waals surface area (Å²) in [6.07, 6.45) is 2.76. The lowest BCUT2D eigenvalue weighted by atomic mass is 9.99. The minimum absolute atomic E-state index is 0. The number of carbonyl (C=O) groups is 1. The molecule has 0 bridgehead atoms. The summed E-state index contributed by atoms with van der Waals surface area (Å²) in [5.74, 6) is 0.633. The van der Waals surface area contributed by atoms with Gasteiger partial charge in [-0.15, -0.1) is 12.4 Å². The van der Waals surface area contributed by atoms with Crippen LogP contribution in [0.3, 0.4) is 0 Å². The fraction of sp³-hybridized carbons (Fsp3) is 0.909. The normalized spacial score (nSPS) is 11.1. The lowest BCUT2D eigenvalue weighted by Crippen LogP contribution is -2.45. The minimum atomic E-state index is -0.316. The van der Waals surface area contributed by atoms with Crippen molar-refractivity contribution in [2.24, 2.45) is 11.7 Å². The highest BCUT2D eigenvalue weighted by molar-refractivity contribution is 5.85. The Morgan fingerprint density at radius 3 is 2.13 bits per heavy atom. The lowest BCUT2D eigenvalue weighted by Gasteiger charge is -2.20. The van der Waals surface area contributed by atoms with Crippen molar-refractivity contribution in [1.82, 2.24) is 5.32 Å². The Bertz CT molecular complexity index is 174. The maximum atomic E-state index is 11.5. The molecule has 1 amide bonds. The Morgan fingerprint density at radius 2 is 1.80 bits per heavy atom. The number of nitrogens with two attached hydrogens (primary N) is 1. The molecule has 92 valence electrons. The zero-order valence-corrected chi connectivity index (χ0v) is 11.1. The summed E-state index contributed by atoms with van der Waals surface area (Å²) in [4.78, 5) is 11.5. The van der Waals surface area contributed by atoms with E-state index in [-0.39, 0.29) is 23.9 Å². The Labute approximate surface area is 99.6 Å². The minimum Gasteiger partial charge on any atom is -0.354 e. The van der Waals surface area contributed by atoms with Crippen molar-refractivity contribution in [2.45, 2.75) is 52.5 Å². The zero-order valence-electron chi connectivity index (χ0n) is 10.3. The fourth-order valence-corrected chi connectivity index (χ4v) is 1.24. The van der Waals surface area contributed by atoms with Gasteiger partial charge in [-0.25, -0.2) is 0 Å². The van der Waals surface area contributed by atoms with Crippen LogP contribution in [0.15, 0.2) is 0 Å². The van der Waals surface area contributed by atoms with Gasteiger partial charge in [-0.1, -0.05) is 26.7 Å². The Balaban J connectivity index is 0. The molecule has 0 aliphatic rings. The summed E-state index contributed by atoms with van der Waals surface area (Å²) in [7, 11) is 0. The molecule has 4 heteroatoms. The third-order valence-electron chi connectivity index (χ3n) is 2.37. The molecular weight excluding hydrogens is 212 g/mol. The standard InChI is InChI=1S/C11H24N2O.ClH/c1-5-9(6-2)7-10(14)13-8-11(3,4)12;/h9H,5-8,12H2,1-4H3,(H,13,14);1H. The number of rotatable bonds is 6. The van der Waals surface area contributed by atoms with Crippen LogP contribution in [0.25, 0.3) is 0 Å². The highest BCUT2D eigenvalue weighted by atomic mass is 35.5. The predicted octanol–water partition coefficient (Wildman–Crippen LogP) is 2.09. The predicted molar refractivity (Wildman–Crippen MR) is 67.2 cm³/mol. The third-order valence-corrected chi connectivity index (χ3v) is 2.37. The van der Waals surface area contributed by atoms with E-state index in [1.54, 1.807) is 0 Å². The summed E-state index contributed by atoms with van der Waals surface area (Å²) in [5.41, 5.74) is 5.45. The monoisotopic (exact) mass is 236 g/mol. The average Bonchev–Trinajstić information content (AvgIpc) is 2.09. The van der Waals surface area contributed by atoms with Crippen molar-refractivity contribution in [3.8, 4) is 0 Å². The SMILES string of the molecule is CCC(CC)CC(=O)NCC(C)(C)N.Cl. The highest BCUT2D eigenvalue weighted by Gasteiger charge is 2.14.